The molecule has 2 amide bonds. The molecule has 1 aromatic carbocycles. The highest BCUT2D eigenvalue weighted by atomic mass is 19.4. The van der Waals surface area contributed by atoms with Gasteiger partial charge in [-0.1, -0.05) is 0 Å². The van der Waals surface area contributed by atoms with E-state index in [1.54, 1.807) is 0 Å². The number of carbonyl (C=O) groups excluding carboxylic acids is 2. The van der Waals surface area contributed by atoms with Crippen molar-refractivity contribution in [2.45, 2.75) is 24.8 Å². The molecule has 2 aromatic rings. The number of nitrogens with zero attached hydrogens (tertiary/aromatic N) is 1. The van der Waals surface area contributed by atoms with Gasteiger partial charge in [-0.05, 0) is 18.2 Å². The van der Waals surface area contributed by atoms with Crippen LogP contribution in [0.4, 0.5) is 19.0 Å². The molecule has 3 heterocycles. The Balaban J connectivity index is 1.83. The Bertz CT molecular complexity index is 1090. The maximum atomic E-state index is 12.9. The van der Waals surface area contributed by atoms with E-state index in [1.807, 2.05) is 5.32 Å². The van der Waals surface area contributed by atoms with Crippen LogP contribution in [-0.4, -0.2) is 33.8 Å². The van der Waals surface area contributed by atoms with E-state index in [9.17, 15) is 32.7 Å². The molecule has 2 atom stereocenters. The fourth-order valence-corrected chi connectivity index (χ4v) is 3.32. The first kappa shape index (κ1) is 18.0. The van der Waals surface area contributed by atoms with E-state index in [2.05, 4.69) is 0 Å². The van der Waals surface area contributed by atoms with E-state index >= 15 is 0 Å². The Hall–Kier alpha value is -3.34. The standard InChI is InChI=1S/C17H12F3N3O5/c18-17(19,20)11-5-9(24)7-3-6(1-2-10(7)28-11)23-12(25)4-8-13(14(23)21)16(27)22-15(8)26/h1-4,9,11,24H,5,21H2,(H,22,26,27). The number of hydrogen-bond acceptors (Lipinski definition) is 6. The molecule has 2 aliphatic rings. The van der Waals surface area contributed by atoms with Crippen LogP contribution >= 0.6 is 0 Å². The minimum Gasteiger partial charge on any atom is -0.480 e. The average molecular weight is 395 g/mol. The van der Waals surface area contributed by atoms with Crippen molar-refractivity contribution in [2.24, 2.45) is 0 Å². The van der Waals surface area contributed by atoms with Gasteiger partial charge in [-0.15, -0.1) is 0 Å². The second-order valence-corrected chi connectivity index (χ2v) is 6.40. The molecular formula is C17H12F3N3O5. The number of aromatic nitrogens is 1. The van der Waals surface area contributed by atoms with Gasteiger partial charge in [-0.3, -0.25) is 24.3 Å². The van der Waals surface area contributed by atoms with Crippen molar-refractivity contribution < 1.29 is 32.6 Å². The van der Waals surface area contributed by atoms with E-state index in [4.69, 9.17) is 10.5 Å². The molecule has 8 nitrogen and oxygen atoms in total. The molecule has 0 saturated heterocycles. The SMILES string of the molecule is Nc1c2c(cc(=O)n1-c1ccc3c(c1)C(O)CC(C(F)(F)F)O3)C(=O)NC2=O. The van der Waals surface area contributed by atoms with E-state index in [1.165, 1.54) is 18.2 Å². The van der Waals surface area contributed by atoms with Crippen LogP contribution in [-0.2, 0) is 0 Å². The van der Waals surface area contributed by atoms with Gasteiger partial charge in [0.1, 0.15) is 11.6 Å². The van der Waals surface area contributed by atoms with Crippen LogP contribution in [0.2, 0.25) is 0 Å². The number of fused-ring (bicyclic) bond motifs is 2. The molecule has 0 radical (unpaired) electrons. The summed E-state index contributed by atoms with van der Waals surface area (Å²) < 4.78 is 44.5. The molecule has 0 fully saturated rings. The number of halogens is 3. The maximum absolute atomic E-state index is 12.9. The van der Waals surface area contributed by atoms with Crippen molar-refractivity contribution in [3.63, 3.8) is 0 Å². The predicted octanol–water partition coefficient (Wildman–Crippen LogP) is 1.05. The highest BCUT2D eigenvalue weighted by Crippen LogP contribution is 2.41. The molecular weight excluding hydrogens is 383 g/mol. The number of benzene rings is 1. The second-order valence-electron chi connectivity index (χ2n) is 6.40. The van der Waals surface area contributed by atoms with Crippen LogP contribution < -0.4 is 21.3 Å². The zero-order valence-electron chi connectivity index (χ0n) is 13.9. The number of nitrogens with two attached hydrogens (primary N) is 1. The highest BCUT2D eigenvalue weighted by Gasteiger charge is 2.46. The van der Waals surface area contributed by atoms with Gasteiger partial charge in [0.2, 0.25) is 0 Å². The van der Waals surface area contributed by atoms with E-state index in [-0.39, 0.29) is 33.9 Å². The Morgan fingerprint density at radius 2 is 1.89 bits per heavy atom. The number of aliphatic hydroxyl groups is 1. The van der Waals surface area contributed by atoms with Crippen LogP contribution in [0.3, 0.4) is 0 Å². The van der Waals surface area contributed by atoms with Gasteiger partial charge in [0.15, 0.2) is 6.10 Å². The lowest BCUT2D eigenvalue weighted by molar-refractivity contribution is -0.207. The van der Waals surface area contributed by atoms with Gasteiger partial charge in [0.25, 0.3) is 17.4 Å². The molecule has 0 aliphatic carbocycles. The van der Waals surface area contributed by atoms with Gasteiger partial charge in [0, 0.05) is 18.1 Å². The number of rotatable bonds is 1. The zero-order valence-corrected chi connectivity index (χ0v) is 13.9. The summed E-state index contributed by atoms with van der Waals surface area (Å²) in [7, 11) is 0. The van der Waals surface area contributed by atoms with Gasteiger partial charge >= 0.3 is 6.18 Å². The molecule has 2 aliphatic heterocycles. The Kier molecular flexibility index (Phi) is 3.76. The third-order valence-electron chi connectivity index (χ3n) is 4.64. The van der Waals surface area contributed by atoms with Gasteiger partial charge in [-0.25, -0.2) is 0 Å². The summed E-state index contributed by atoms with van der Waals surface area (Å²) in [6.07, 6.45) is -8.97. The highest BCUT2D eigenvalue weighted by molar-refractivity contribution is 6.23. The zero-order chi connectivity index (χ0) is 20.4. The number of nitrogen functional groups attached to an aromatic ring is 1. The predicted molar refractivity (Wildman–Crippen MR) is 88.3 cm³/mol. The van der Waals surface area contributed by atoms with Gasteiger partial charge < -0.3 is 15.6 Å². The third-order valence-corrected chi connectivity index (χ3v) is 4.64. The van der Waals surface area contributed by atoms with Crippen molar-refractivity contribution in [3.8, 4) is 11.4 Å². The molecule has 4 N–H and O–H groups in total. The summed E-state index contributed by atoms with van der Waals surface area (Å²) >= 11 is 0. The lowest BCUT2D eigenvalue weighted by Crippen LogP contribution is -2.38. The third kappa shape index (κ3) is 2.62. The lowest BCUT2D eigenvalue weighted by atomic mass is 9.98. The van der Waals surface area contributed by atoms with E-state index in [0.29, 0.717) is 0 Å². The quantitative estimate of drug-likeness (QED) is 0.620. The topological polar surface area (TPSA) is 124 Å². The molecule has 0 spiro atoms. The van der Waals surface area contributed by atoms with Gasteiger partial charge in [0.05, 0.1) is 22.9 Å². The molecule has 28 heavy (non-hydrogen) atoms. The number of pyridine rings is 1. The van der Waals surface area contributed by atoms with Crippen LogP contribution in [0.15, 0.2) is 29.1 Å². The number of hydrogen-bond donors (Lipinski definition) is 3. The van der Waals surface area contributed by atoms with Crippen LogP contribution in [0, 0.1) is 0 Å². The first-order chi connectivity index (χ1) is 13.1. The molecule has 0 bridgehead atoms. The molecule has 146 valence electrons. The van der Waals surface area contributed by atoms with E-state index < -0.39 is 42.2 Å². The number of ether oxygens (including phenoxy) is 1. The number of nitrogens with one attached hydrogen (secondary N) is 1. The summed E-state index contributed by atoms with van der Waals surface area (Å²) in [6.45, 7) is 0. The van der Waals surface area contributed by atoms with Crippen LogP contribution in [0.25, 0.3) is 5.69 Å². The van der Waals surface area contributed by atoms with Crippen molar-refractivity contribution in [2.75, 3.05) is 5.73 Å². The van der Waals surface area contributed by atoms with E-state index in [0.717, 1.165) is 10.6 Å². The number of alkyl halides is 3. The first-order valence-electron chi connectivity index (χ1n) is 8.05. The fraction of sp³-hybridized carbons (Fsp3) is 0.235. The number of anilines is 1. The number of aliphatic hydroxyl groups excluding tert-OH is 1. The van der Waals surface area contributed by atoms with Crippen LogP contribution in [0.5, 0.6) is 5.75 Å². The summed E-state index contributed by atoms with van der Waals surface area (Å²) in [5.41, 5.74) is 5.02. The number of imide groups is 1. The fourth-order valence-electron chi connectivity index (χ4n) is 3.32. The minimum absolute atomic E-state index is 0.0466. The largest absolute Gasteiger partial charge is 0.480 e. The smallest absolute Gasteiger partial charge is 0.425 e. The Morgan fingerprint density at radius 1 is 1.18 bits per heavy atom. The van der Waals surface area contributed by atoms with Crippen LogP contribution in [0.1, 0.15) is 38.8 Å². The van der Waals surface area contributed by atoms with Crippen molar-refractivity contribution >= 4 is 17.6 Å². The molecule has 1 aromatic heterocycles. The minimum atomic E-state index is -4.64. The van der Waals surface area contributed by atoms with Crippen molar-refractivity contribution in [1.82, 2.24) is 9.88 Å². The number of carbonyl (C=O) groups is 2. The molecule has 2 unspecified atom stereocenters. The maximum Gasteiger partial charge on any atom is 0.425 e. The number of amides is 2. The summed E-state index contributed by atoms with van der Waals surface area (Å²) in [5.74, 6) is -1.99. The normalized spacial score (nSPS) is 21.0. The summed E-state index contributed by atoms with van der Waals surface area (Å²) in [6, 6.07) is 4.64. The van der Waals surface area contributed by atoms with Crippen molar-refractivity contribution in [3.05, 3.63) is 51.3 Å². The monoisotopic (exact) mass is 395 g/mol. The summed E-state index contributed by atoms with van der Waals surface area (Å²) in [5, 5.41) is 12.2. The Labute approximate surface area is 154 Å². The molecule has 0 saturated carbocycles. The second kappa shape index (κ2) is 5.83. The molecule has 11 heteroatoms. The summed E-state index contributed by atoms with van der Waals surface area (Å²) in [4.78, 5) is 36.0. The van der Waals surface area contributed by atoms with Crippen molar-refractivity contribution in [1.29, 1.82) is 0 Å². The van der Waals surface area contributed by atoms with Gasteiger partial charge in [-0.2, -0.15) is 13.2 Å². The molecule has 4 rings (SSSR count). The lowest BCUT2D eigenvalue weighted by Gasteiger charge is -2.31. The first-order valence-corrected chi connectivity index (χ1v) is 8.05. The average Bonchev–Trinajstić information content (AvgIpc) is 2.88. The Morgan fingerprint density at radius 3 is 2.57 bits per heavy atom.